The fraction of sp³-hybridized carbons (Fsp3) is 0.438. The molecule has 0 unspecified atom stereocenters. The van der Waals surface area contributed by atoms with Crippen molar-refractivity contribution in [1.29, 1.82) is 0 Å². The van der Waals surface area contributed by atoms with E-state index in [0.717, 1.165) is 18.9 Å². The lowest BCUT2D eigenvalue weighted by atomic mass is 10.2. The quantitative estimate of drug-likeness (QED) is 0.708. The van der Waals surface area contributed by atoms with E-state index in [9.17, 15) is 18.8 Å². The summed E-state index contributed by atoms with van der Waals surface area (Å²) in [6.45, 7) is 3.07. The number of carbonyl (C=O) groups excluding carboxylic acids is 3. The summed E-state index contributed by atoms with van der Waals surface area (Å²) in [5.41, 5.74) is 0.101. The lowest BCUT2D eigenvalue weighted by molar-refractivity contribution is -0.147. The smallest absolute Gasteiger partial charge is 0.325 e. The van der Waals surface area contributed by atoms with Gasteiger partial charge in [0.25, 0.3) is 11.8 Å². The van der Waals surface area contributed by atoms with Crippen LogP contribution in [0, 0.1) is 5.82 Å². The van der Waals surface area contributed by atoms with Gasteiger partial charge in [-0.25, -0.2) is 4.39 Å². The van der Waals surface area contributed by atoms with E-state index in [0.29, 0.717) is 0 Å². The van der Waals surface area contributed by atoms with Crippen molar-refractivity contribution in [2.75, 3.05) is 13.2 Å². The number of benzene rings is 1. The predicted octanol–water partition coefficient (Wildman–Crippen LogP) is 1.40. The normalized spacial score (nSPS) is 11.4. The molecule has 1 aromatic carbocycles. The Morgan fingerprint density at radius 2 is 2.04 bits per heavy atom. The molecule has 2 amide bonds. The molecule has 0 saturated heterocycles. The van der Waals surface area contributed by atoms with Crippen LogP contribution in [-0.4, -0.2) is 37.0 Å². The van der Waals surface area contributed by atoms with Crippen LogP contribution in [0.15, 0.2) is 24.3 Å². The van der Waals surface area contributed by atoms with Crippen LogP contribution in [0.4, 0.5) is 4.39 Å². The fourth-order valence-corrected chi connectivity index (χ4v) is 1.90. The van der Waals surface area contributed by atoms with E-state index in [1.54, 1.807) is 0 Å². The highest BCUT2D eigenvalue weighted by atomic mass is 19.1. The highest BCUT2D eigenvalue weighted by molar-refractivity contribution is 5.96. The van der Waals surface area contributed by atoms with Gasteiger partial charge in [0, 0.05) is 11.6 Å². The standard InChI is InChI=1S/C16H21FN2O4/c1-3-5-11(2)19-14(20)10-23-15(21)9-18-16(22)12-6-4-7-13(17)8-12/h4,6-8,11H,3,5,9-10H2,1-2H3,(H,18,22)(H,19,20)/t11-/m1/s1. The van der Waals surface area contributed by atoms with Crippen molar-refractivity contribution in [3.8, 4) is 0 Å². The Labute approximate surface area is 134 Å². The van der Waals surface area contributed by atoms with E-state index in [-0.39, 0.29) is 11.6 Å². The van der Waals surface area contributed by atoms with Gasteiger partial charge in [0.05, 0.1) is 0 Å². The number of hydrogen-bond donors (Lipinski definition) is 2. The number of esters is 1. The van der Waals surface area contributed by atoms with Gasteiger partial charge in [0.1, 0.15) is 12.4 Å². The Bertz CT molecular complexity index is 563. The molecule has 0 fully saturated rings. The minimum atomic E-state index is -0.743. The molecule has 0 saturated carbocycles. The first-order valence-electron chi connectivity index (χ1n) is 7.41. The second-order valence-corrected chi connectivity index (χ2v) is 5.11. The molecule has 0 heterocycles. The van der Waals surface area contributed by atoms with Gasteiger partial charge in [0.2, 0.25) is 0 Å². The van der Waals surface area contributed by atoms with Crippen LogP contribution < -0.4 is 10.6 Å². The van der Waals surface area contributed by atoms with Crippen LogP contribution in [0.2, 0.25) is 0 Å². The first-order chi connectivity index (χ1) is 10.9. The number of amides is 2. The molecule has 0 aliphatic carbocycles. The molecule has 1 aromatic rings. The van der Waals surface area contributed by atoms with Crippen molar-refractivity contribution in [1.82, 2.24) is 10.6 Å². The van der Waals surface area contributed by atoms with Gasteiger partial charge in [0.15, 0.2) is 6.61 Å². The third-order valence-corrected chi connectivity index (χ3v) is 2.97. The third-order valence-electron chi connectivity index (χ3n) is 2.97. The molecule has 6 nitrogen and oxygen atoms in total. The van der Waals surface area contributed by atoms with Gasteiger partial charge < -0.3 is 15.4 Å². The molecule has 2 N–H and O–H groups in total. The van der Waals surface area contributed by atoms with Gasteiger partial charge in [-0.2, -0.15) is 0 Å². The molecule has 0 aliphatic rings. The number of hydrogen-bond acceptors (Lipinski definition) is 4. The molecule has 7 heteroatoms. The summed E-state index contributed by atoms with van der Waals surface area (Å²) in [4.78, 5) is 34.7. The highest BCUT2D eigenvalue weighted by Gasteiger charge is 2.12. The first-order valence-corrected chi connectivity index (χ1v) is 7.41. The number of carbonyl (C=O) groups is 3. The Morgan fingerprint density at radius 1 is 1.30 bits per heavy atom. The predicted molar refractivity (Wildman–Crippen MR) is 82.2 cm³/mol. The molecule has 0 spiro atoms. The highest BCUT2D eigenvalue weighted by Crippen LogP contribution is 2.02. The second kappa shape index (κ2) is 9.55. The maximum absolute atomic E-state index is 13.0. The van der Waals surface area contributed by atoms with Crippen molar-refractivity contribution < 1.29 is 23.5 Å². The van der Waals surface area contributed by atoms with E-state index in [2.05, 4.69) is 10.6 Å². The summed E-state index contributed by atoms with van der Waals surface area (Å²) in [6, 6.07) is 5.10. The van der Waals surface area contributed by atoms with Gasteiger partial charge in [-0.1, -0.05) is 19.4 Å². The van der Waals surface area contributed by atoms with Crippen molar-refractivity contribution in [3.05, 3.63) is 35.6 Å². The van der Waals surface area contributed by atoms with Crippen LogP contribution in [0.1, 0.15) is 37.0 Å². The Hall–Kier alpha value is -2.44. The van der Waals surface area contributed by atoms with Crippen LogP contribution in [0.3, 0.4) is 0 Å². The average Bonchev–Trinajstić information content (AvgIpc) is 2.50. The van der Waals surface area contributed by atoms with E-state index in [1.165, 1.54) is 18.2 Å². The van der Waals surface area contributed by atoms with E-state index >= 15 is 0 Å². The zero-order valence-corrected chi connectivity index (χ0v) is 13.2. The summed E-state index contributed by atoms with van der Waals surface area (Å²) in [5.74, 6) is -2.27. The monoisotopic (exact) mass is 324 g/mol. The number of rotatable bonds is 8. The first kappa shape index (κ1) is 18.6. The lowest BCUT2D eigenvalue weighted by Gasteiger charge is -2.12. The van der Waals surface area contributed by atoms with Crippen molar-refractivity contribution in [2.24, 2.45) is 0 Å². The summed E-state index contributed by atoms with van der Waals surface area (Å²) in [5, 5.41) is 4.99. The van der Waals surface area contributed by atoms with Crippen LogP contribution >= 0.6 is 0 Å². The summed E-state index contributed by atoms with van der Waals surface area (Å²) < 4.78 is 17.7. The average molecular weight is 324 g/mol. The van der Waals surface area contributed by atoms with Gasteiger partial charge in [-0.3, -0.25) is 14.4 Å². The molecule has 126 valence electrons. The van der Waals surface area contributed by atoms with Gasteiger partial charge in [-0.05, 0) is 31.5 Å². The Balaban J connectivity index is 2.29. The third kappa shape index (κ3) is 7.39. The van der Waals surface area contributed by atoms with Crippen LogP contribution in [-0.2, 0) is 14.3 Å². The number of halogens is 1. The zero-order chi connectivity index (χ0) is 17.2. The van der Waals surface area contributed by atoms with E-state index in [1.807, 2.05) is 13.8 Å². The van der Waals surface area contributed by atoms with E-state index < -0.39 is 36.8 Å². The molecule has 23 heavy (non-hydrogen) atoms. The zero-order valence-electron chi connectivity index (χ0n) is 13.2. The molecular weight excluding hydrogens is 303 g/mol. The van der Waals surface area contributed by atoms with Crippen molar-refractivity contribution in [2.45, 2.75) is 32.7 Å². The minimum absolute atomic E-state index is 0.0129. The Kier molecular flexibility index (Phi) is 7.73. The van der Waals surface area contributed by atoms with Crippen LogP contribution in [0.25, 0.3) is 0 Å². The van der Waals surface area contributed by atoms with E-state index in [4.69, 9.17) is 4.74 Å². The SMILES string of the molecule is CCC[C@@H](C)NC(=O)COC(=O)CNC(=O)c1cccc(F)c1. The minimum Gasteiger partial charge on any atom is -0.454 e. The lowest BCUT2D eigenvalue weighted by Crippen LogP contribution is -2.37. The largest absolute Gasteiger partial charge is 0.454 e. The topological polar surface area (TPSA) is 84.5 Å². The summed E-state index contributed by atoms with van der Waals surface area (Å²) >= 11 is 0. The molecule has 0 aromatic heterocycles. The summed E-state index contributed by atoms with van der Waals surface area (Å²) in [6.07, 6.45) is 1.77. The summed E-state index contributed by atoms with van der Waals surface area (Å²) in [7, 11) is 0. The number of nitrogens with one attached hydrogen (secondary N) is 2. The fourth-order valence-electron chi connectivity index (χ4n) is 1.90. The maximum Gasteiger partial charge on any atom is 0.325 e. The maximum atomic E-state index is 13.0. The second-order valence-electron chi connectivity index (χ2n) is 5.11. The molecule has 0 radical (unpaired) electrons. The Morgan fingerprint density at radius 3 is 2.70 bits per heavy atom. The van der Waals surface area contributed by atoms with Crippen molar-refractivity contribution >= 4 is 17.8 Å². The molecule has 1 atom stereocenters. The molecule has 1 rings (SSSR count). The van der Waals surface area contributed by atoms with Gasteiger partial charge in [-0.15, -0.1) is 0 Å². The van der Waals surface area contributed by atoms with Crippen molar-refractivity contribution in [3.63, 3.8) is 0 Å². The number of ether oxygens (including phenoxy) is 1. The van der Waals surface area contributed by atoms with Crippen LogP contribution in [0.5, 0.6) is 0 Å². The van der Waals surface area contributed by atoms with Gasteiger partial charge >= 0.3 is 5.97 Å². The molecular formula is C16H21FN2O4. The molecule has 0 aliphatic heterocycles. The molecule has 0 bridgehead atoms.